The van der Waals surface area contributed by atoms with Gasteiger partial charge in [0.25, 0.3) is 5.91 Å². The lowest BCUT2D eigenvalue weighted by atomic mass is 9.99. The Bertz CT molecular complexity index is 1030. The number of aromatic hydroxyl groups is 1. The van der Waals surface area contributed by atoms with Gasteiger partial charge in [-0.15, -0.1) is 0 Å². The molecule has 4 nitrogen and oxygen atoms in total. The summed E-state index contributed by atoms with van der Waals surface area (Å²) in [6, 6.07) is 21.1. The summed E-state index contributed by atoms with van der Waals surface area (Å²) in [5.74, 6) is -0.0677. The third-order valence-electron chi connectivity index (χ3n) is 5.93. The quantitative estimate of drug-likeness (QED) is 0.623. The average molecular weight is 419 g/mol. The van der Waals surface area contributed by atoms with Crippen molar-refractivity contribution in [2.24, 2.45) is 0 Å². The monoisotopic (exact) mass is 418 g/mol. The summed E-state index contributed by atoms with van der Waals surface area (Å²) in [5.41, 5.74) is 3.35. The number of amides is 1. The first-order chi connectivity index (χ1) is 15.0. The van der Waals surface area contributed by atoms with E-state index in [2.05, 4.69) is 4.90 Å². The Balaban J connectivity index is 1.52. The topological polar surface area (TPSA) is 43.8 Å². The molecule has 1 aliphatic heterocycles. The molecule has 0 aromatic heterocycles. The van der Waals surface area contributed by atoms with Crippen LogP contribution < -0.4 is 4.90 Å². The van der Waals surface area contributed by atoms with Gasteiger partial charge in [-0.1, -0.05) is 35.9 Å². The van der Waals surface area contributed by atoms with Gasteiger partial charge < -0.3 is 10.0 Å². The molecular weight excluding hydrogens is 391 g/mol. The fourth-order valence-corrected chi connectivity index (χ4v) is 4.15. The smallest absolute Gasteiger partial charge is 0.258 e. The Morgan fingerprint density at radius 1 is 1.00 bits per heavy atom. The van der Waals surface area contributed by atoms with Gasteiger partial charge in [-0.25, -0.2) is 4.39 Å². The molecular formula is C26H27FN2O2. The molecule has 31 heavy (non-hydrogen) atoms. The fraction of sp³-hybridized carbons (Fsp3) is 0.269. The van der Waals surface area contributed by atoms with Crippen molar-refractivity contribution in [3.8, 4) is 5.75 Å². The van der Waals surface area contributed by atoms with Gasteiger partial charge in [0.2, 0.25) is 0 Å². The van der Waals surface area contributed by atoms with Crippen molar-refractivity contribution in [1.82, 2.24) is 4.90 Å². The number of rotatable bonds is 5. The molecule has 1 heterocycles. The minimum absolute atomic E-state index is 0.0277. The van der Waals surface area contributed by atoms with E-state index in [9.17, 15) is 14.3 Å². The summed E-state index contributed by atoms with van der Waals surface area (Å²) >= 11 is 0. The predicted octanol–water partition coefficient (Wildman–Crippen LogP) is 5.15. The number of hydrogen-bond acceptors (Lipinski definition) is 3. The van der Waals surface area contributed by atoms with Crippen LogP contribution in [0.3, 0.4) is 0 Å². The molecule has 0 aliphatic carbocycles. The molecule has 0 saturated carbocycles. The molecule has 3 aromatic carbocycles. The summed E-state index contributed by atoms with van der Waals surface area (Å²) < 4.78 is 13.5. The molecule has 0 bridgehead atoms. The van der Waals surface area contributed by atoms with Crippen molar-refractivity contribution in [1.29, 1.82) is 0 Å². The van der Waals surface area contributed by atoms with E-state index in [0.29, 0.717) is 23.5 Å². The summed E-state index contributed by atoms with van der Waals surface area (Å²) in [6.07, 6.45) is 1.62. The van der Waals surface area contributed by atoms with E-state index in [1.807, 2.05) is 54.3 Å². The molecule has 3 aromatic rings. The number of benzene rings is 3. The lowest BCUT2D eigenvalue weighted by Crippen LogP contribution is -2.47. The zero-order valence-corrected chi connectivity index (χ0v) is 17.7. The molecule has 0 atom stereocenters. The second kappa shape index (κ2) is 9.31. The number of hydrogen-bond donors (Lipinski definition) is 1. The number of para-hydroxylation sites is 1. The van der Waals surface area contributed by atoms with Crippen LogP contribution in [0.15, 0.2) is 72.8 Å². The first-order valence-corrected chi connectivity index (χ1v) is 10.7. The number of nitrogens with zero attached hydrogens (tertiary/aromatic N) is 2. The summed E-state index contributed by atoms with van der Waals surface area (Å²) in [7, 11) is 0. The third kappa shape index (κ3) is 4.94. The molecule has 0 spiro atoms. The standard InChI is InChI=1S/C26H27FN2O2/c1-19-6-8-20(9-7-19)26(31)29(23-12-10-22(27)11-13-23)24-14-16-28(17-15-24)18-21-4-2-3-5-25(21)30/h2-13,24,30H,14-18H2,1H3. The van der Waals surface area contributed by atoms with E-state index in [1.165, 1.54) is 12.1 Å². The number of anilines is 1. The normalized spacial score (nSPS) is 15.0. The first-order valence-electron chi connectivity index (χ1n) is 10.7. The van der Waals surface area contributed by atoms with Gasteiger partial charge in [-0.05, 0) is 62.2 Å². The van der Waals surface area contributed by atoms with Crippen molar-refractivity contribution in [2.45, 2.75) is 32.4 Å². The number of likely N-dealkylation sites (tertiary alicyclic amines) is 1. The molecule has 0 radical (unpaired) electrons. The van der Waals surface area contributed by atoms with E-state index >= 15 is 0 Å². The molecule has 0 unspecified atom stereocenters. The highest BCUT2D eigenvalue weighted by molar-refractivity contribution is 6.06. The lowest BCUT2D eigenvalue weighted by molar-refractivity contribution is 0.0958. The molecule has 160 valence electrons. The van der Waals surface area contributed by atoms with Gasteiger partial charge in [0.15, 0.2) is 0 Å². The van der Waals surface area contributed by atoms with Gasteiger partial charge >= 0.3 is 0 Å². The maximum absolute atomic E-state index is 13.5. The fourth-order valence-electron chi connectivity index (χ4n) is 4.15. The predicted molar refractivity (Wildman–Crippen MR) is 121 cm³/mol. The van der Waals surface area contributed by atoms with Crippen LogP contribution in [0.4, 0.5) is 10.1 Å². The largest absolute Gasteiger partial charge is 0.508 e. The molecule has 1 amide bonds. The van der Waals surface area contributed by atoms with Crippen molar-refractivity contribution in [2.75, 3.05) is 18.0 Å². The lowest BCUT2D eigenvalue weighted by Gasteiger charge is -2.38. The van der Waals surface area contributed by atoms with Gasteiger partial charge in [0.05, 0.1) is 0 Å². The van der Waals surface area contributed by atoms with E-state index in [0.717, 1.165) is 37.1 Å². The van der Waals surface area contributed by atoms with Crippen molar-refractivity contribution >= 4 is 11.6 Å². The van der Waals surface area contributed by atoms with Crippen LogP contribution in [0.25, 0.3) is 0 Å². The minimum atomic E-state index is -0.316. The average Bonchev–Trinajstić information content (AvgIpc) is 2.78. The minimum Gasteiger partial charge on any atom is -0.508 e. The second-order valence-electron chi connectivity index (χ2n) is 8.15. The SMILES string of the molecule is Cc1ccc(C(=O)N(c2ccc(F)cc2)C2CCN(Cc3ccccc3O)CC2)cc1. The maximum Gasteiger partial charge on any atom is 0.258 e. The second-order valence-corrected chi connectivity index (χ2v) is 8.15. The Kier molecular flexibility index (Phi) is 6.33. The molecule has 5 heteroatoms. The van der Waals surface area contributed by atoms with Crippen molar-refractivity contribution in [3.63, 3.8) is 0 Å². The molecule has 1 saturated heterocycles. The van der Waals surface area contributed by atoms with E-state index < -0.39 is 0 Å². The maximum atomic E-state index is 13.5. The van der Waals surface area contributed by atoms with Gasteiger partial charge in [0.1, 0.15) is 11.6 Å². The molecule has 1 fully saturated rings. The highest BCUT2D eigenvalue weighted by atomic mass is 19.1. The Labute approximate surface area is 182 Å². The van der Waals surface area contributed by atoms with Crippen LogP contribution in [-0.4, -0.2) is 35.0 Å². The van der Waals surface area contributed by atoms with Crippen LogP contribution in [0.5, 0.6) is 5.75 Å². The van der Waals surface area contributed by atoms with E-state index in [-0.39, 0.29) is 17.8 Å². The summed E-state index contributed by atoms with van der Waals surface area (Å²) in [6.45, 7) is 4.31. The molecule has 4 rings (SSSR count). The Hall–Kier alpha value is -3.18. The van der Waals surface area contributed by atoms with Crippen molar-refractivity contribution < 1.29 is 14.3 Å². The third-order valence-corrected chi connectivity index (χ3v) is 5.93. The number of carbonyl (C=O) groups is 1. The van der Waals surface area contributed by atoms with Crippen LogP contribution in [0.1, 0.15) is 34.3 Å². The van der Waals surface area contributed by atoms with Crippen LogP contribution in [0.2, 0.25) is 0 Å². The van der Waals surface area contributed by atoms with Crippen LogP contribution >= 0.6 is 0 Å². The number of aryl methyl sites for hydroxylation is 1. The highest BCUT2D eigenvalue weighted by Gasteiger charge is 2.30. The van der Waals surface area contributed by atoms with E-state index in [4.69, 9.17) is 0 Å². The number of piperidine rings is 1. The van der Waals surface area contributed by atoms with Gasteiger partial charge in [-0.3, -0.25) is 9.69 Å². The van der Waals surface area contributed by atoms with Crippen LogP contribution in [-0.2, 0) is 6.54 Å². The summed E-state index contributed by atoms with van der Waals surface area (Å²) in [4.78, 5) is 17.6. The summed E-state index contributed by atoms with van der Waals surface area (Å²) in [5, 5.41) is 10.1. The van der Waals surface area contributed by atoms with Gasteiger partial charge in [-0.2, -0.15) is 0 Å². The zero-order valence-electron chi connectivity index (χ0n) is 17.7. The molecule has 1 N–H and O–H groups in total. The number of halogens is 1. The van der Waals surface area contributed by atoms with Gasteiger partial charge in [0, 0.05) is 42.5 Å². The van der Waals surface area contributed by atoms with E-state index in [1.54, 1.807) is 18.2 Å². The Morgan fingerprint density at radius 2 is 1.65 bits per heavy atom. The highest BCUT2D eigenvalue weighted by Crippen LogP contribution is 2.28. The number of phenols is 1. The number of phenolic OH excluding ortho intramolecular Hbond substituents is 1. The van der Waals surface area contributed by atoms with Crippen molar-refractivity contribution in [3.05, 3.63) is 95.3 Å². The molecule has 1 aliphatic rings. The zero-order chi connectivity index (χ0) is 21.8. The first kappa shape index (κ1) is 21.1. The van der Waals surface area contributed by atoms with Crippen LogP contribution in [0, 0.1) is 12.7 Å². The Morgan fingerprint density at radius 3 is 2.29 bits per heavy atom. The number of carbonyl (C=O) groups excluding carboxylic acids is 1.